The maximum Gasteiger partial charge on any atom is 0.480 e. The number of sulfonamides is 2. The van der Waals surface area contributed by atoms with Gasteiger partial charge in [0.2, 0.25) is 6.30 Å². The second-order valence-electron chi connectivity index (χ2n) is 3.13. The summed E-state index contributed by atoms with van der Waals surface area (Å²) >= 11 is 0. The molecule has 1 aromatic rings. The van der Waals surface area contributed by atoms with Crippen molar-refractivity contribution in [2.45, 2.75) is 37.7 Å². The van der Waals surface area contributed by atoms with Gasteiger partial charge >= 0.3 is 11.0 Å². The van der Waals surface area contributed by atoms with E-state index in [2.05, 4.69) is 0 Å². The van der Waals surface area contributed by atoms with Gasteiger partial charge in [-0.1, -0.05) is 0 Å². The van der Waals surface area contributed by atoms with Crippen LogP contribution in [-0.2, 0) is 33.0 Å². The summed E-state index contributed by atoms with van der Waals surface area (Å²) in [5.74, 6) is 0. The number of imidazole rings is 1. The van der Waals surface area contributed by atoms with Crippen LogP contribution in [0.2, 0.25) is 0 Å². The summed E-state index contributed by atoms with van der Waals surface area (Å²) in [6, 6.07) is 0. The minimum atomic E-state index is -6.72. The maximum absolute atomic E-state index is 11.4. The molecule has 0 saturated heterocycles. The lowest BCUT2D eigenvalue weighted by atomic mass is 10.7. The number of nitrogens with zero attached hydrogens (tertiary/aromatic N) is 3. The van der Waals surface area contributed by atoms with Crippen molar-refractivity contribution in [2.75, 3.05) is 0 Å². The maximum atomic E-state index is 11.4. The highest BCUT2D eigenvalue weighted by molar-refractivity contribution is 8.13. The summed E-state index contributed by atoms with van der Waals surface area (Å²) in [5.41, 5.74) is -12.4. The number of rotatable bonds is 4. The second-order valence-corrected chi connectivity index (χ2v) is 6.56. The summed E-state index contributed by atoms with van der Waals surface area (Å²) in [7, 11) is -13.4. The molecule has 0 atom stereocenters. The van der Waals surface area contributed by atoms with Crippen LogP contribution >= 0.6 is 0 Å². The number of halogens is 6. The van der Waals surface area contributed by atoms with Crippen molar-refractivity contribution in [2.24, 2.45) is 0 Å². The van der Waals surface area contributed by atoms with Gasteiger partial charge in [-0.05, 0) is 13.7 Å². The Hall–Kier alpha value is -1.35. The largest absolute Gasteiger partial charge is 0.480 e. The molecular formula is C9H13F6N3O4S2. The van der Waals surface area contributed by atoms with Gasteiger partial charge in [0.05, 0.1) is 18.5 Å². The van der Waals surface area contributed by atoms with Crippen LogP contribution in [0, 0.1) is 0 Å². The van der Waals surface area contributed by atoms with Crippen LogP contribution in [0.1, 0.15) is 31.5 Å². The van der Waals surface area contributed by atoms with Gasteiger partial charge in [0, 0.05) is 8.22 Å². The van der Waals surface area contributed by atoms with Gasteiger partial charge in [-0.3, -0.25) is 0 Å². The minimum absolute atomic E-state index is 0.0219. The van der Waals surface area contributed by atoms with Crippen LogP contribution in [0.15, 0.2) is 18.6 Å². The molecule has 1 heterocycles. The number of aromatic nitrogens is 2. The fourth-order valence-electron chi connectivity index (χ4n) is 0.570. The van der Waals surface area contributed by atoms with Crippen LogP contribution in [-0.4, -0.2) is 32.4 Å². The molecule has 0 saturated carbocycles. The van der Waals surface area contributed by atoms with Crippen molar-refractivity contribution in [3.8, 4) is 0 Å². The Balaban J connectivity index is 0.000000757. The molecule has 0 bridgehead atoms. The molecule has 0 N–H and O–H groups in total. The Labute approximate surface area is 152 Å². The van der Waals surface area contributed by atoms with Crippen LogP contribution in [0.25, 0.3) is 4.13 Å². The van der Waals surface area contributed by atoms with E-state index in [1.165, 1.54) is 0 Å². The van der Waals surface area contributed by atoms with Gasteiger partial charge in [0.1, 0.15) is 15.1 Å². The van der Waals surface area contributed by atoms with Crippen molar-refractivity contribution in [3.63, 3.8) is 0 Å². The lowest BCUT2D eigenvalue weighted by Crippen LogP contribution is -2.30. The smallest absolute Gasteiger partial charge is 0.421 e. The Morgan fingerprint density at radius 3 is 2.00 bits per heavy atom. The molecule has 24 heavy (non-hydrogen) atoms. The summed E-state index contributed by atoms with van der Waals surface area (Å²) in [5, 5.41) is 0. The Kier molecular flexibility index (Phi) is 2.83. The molecule has 142 valence electrons. The third kappa shape index (κ3) is 6.27. The molecule has 0 fully saturated rings. The van der Waals surface area contributed by atoms with Gasteiger partial charge in [-0.15, -0.1) is 0 Å². The summed E-state index contributed by atoms with van der Waals surface area (Å²) < 4.78 is 205. The second kappa shape index (κ2) is 7.69. The van der Waals surface area contributed by atoms with Crippen LogP contribution in [0.5, 0.6) is 0 Å². The summed E-state index contributed by atoms with van der Waals surface area (Å²) in [4.78, 5) is 0. The van der Waals surface area contributed by atoms with Crippen molar-refractivity contribution < 1.29 is 65.6 Å². The normalized spacial score (nSPS) is 23.5. The fraction of sp³-hybridized carbons (Fsp3) is 0.667. The van der Waals surface area contributed by atoms with E-state index in [-0.39, 0.29) is 9.13 Å². The third-order valence-corrected chi connectivity index (χ3v) is 4.22. The number of hydrogen-bond donors (Lipinski definition) is 0. The average molecular weight is 418 g/mol. The van der Waals surface area contributed by atoms with Gasteiger partial charge in [-0.25, -0.2) is 26.0 Å². The standard InChI is InChI=1S/C7H13N2.C2F6NO4S2/c1-3-8-5-6-9(4-2)7-8;3-1(4,5)14(10,11)9-15(12,13)2(6,7)8/h5-7H,3-4H2,1-2H3;/q+1;-1/i1D3,2D3,3D2,4D2,5D,6D,7D;. The molecule has 0 unspecified atom stereocenters. The first-order valence-corrected chi connectivity index (χ1v) is 7.55. The monoisotopic (exact) mass is 418 g/mol. The molecule has 0 aliphatic rings. The molecule has 1 aromatic heterocycles. The average Bonchev–Trinajstić information content (AvgIpc) is 2.80. The van der Waals surface area contributed by atoms with E-state index in [1.807, 2.05) is 0 Å². The molecule has 0 radical (unpaired) electrons. The SMILES string of the molecule is O=S(=O)([N-]S(=O)(=O)C(F)(F)F)C(F)(F)F.[2H]c1c([2H])[n+](C([2H])([2H])C([2H])([2H])[2H])c([2H])n1C([2H])([2H])C([2H])([2H])[2H]. The first-order chi connectivity index (χ1) is 15.7. The lowest BCUT2D eigenvalue weighted by molar-refractivity contribution is -0.693. The lowest BCUT2D eigenvalue weighted by Gasteiger charge is -2.22. The van der Waals surface area contributed by atoms with Crippen molar-refractivity contribution in [3.05, 3.63) is 22.8 Å². The Bertz CT molecular complexity index is 1130. The first kappa shape index (κ1) is 8.84. The summed E-state index contributed by atoms with van der Waals surface area (Å²) in [6.07, 6.45) is -3.46. The molecular weight excluding hydrogens is 392 g/mol. The van der Waals surface area contributed by atoms with Crippen molar-refractivity contribution in [1.29, 1.82) is 0 Å². The Morgan fingerprint density at radius 1 is 1.12 bits per heavy atom. The highest BCUT2D eigenvalue weighted by atomic mass is 32.3. The van der Waals surface area contributed by atoms with E-state index in [9.17, 15) is 43.2 Å². The molecule has 0 aliphatic heterocycles. The molecule has 1 rings (SSSR count). The summed E-state index contributed by atoms with van der Waals surface area (Å²) in [6.45, 7) is -13.2. The van der Waals surface area contributed by atoms with Crippen LogP contribution in [0.3, 0.4) is 0 Å². The molecule has 0 amide bonds. The van der Waals surface area contributed by atoms with E-state index in [4.69, 9.17) is 17.8 Å². The number of hydrogen-bond acceptors (Lipinski definition) is 4. The zero-order valence-corrected chi connectivity index (χ0v) is 12.2. The Morgan fingerprint density at radius 2 is 1.62 bits per heavy atom. The quantitative estimate of drug-likeness (QED) is 0.551. The fourth-order valence-corrected chi connectivity index (χ4v) is 2.28. The zero-order chi connectivity index (χ0) is 30.6. The van der Waals surface area contributed by atoms with E-state index in [0.29, 0.717) is 0 Å². The van der Waals surface area contributed by atoms with E-state index < -0.39 is 76.4 Å². The molecule has 7 nitrogen and oxygen atoms in total. The van der Waals surface area contributed by atoms with Gasteiger partial charge in [0.25, 0.3) is 0 Å². The van der Waals surface area contributed by atoms with E-state index in [1.54, 1.807) is 0 Å². The van der Waals surface area contributed by atoms with E-state index >= 15 is 0 Å². The molecule has 0 aromatic carbocycles. The molecule has 15 heteroatoms. The minimum Gasteiger partial charge on any atom is -0.421 e. The zero-order valence-electron chi connectivity index (χ0n) is 23.6. The topological polar surface area (TPSA) is 91.2 Å². The van der Waals surface area contributed by atoms with Crippen molar-refractivity contribution in [1.82, 2.24) is 4.57 Å². The molecule has 0 spiro atoms. The molecule has 0 aliphatic carbocycles. The predicted molar refractivity (Wildman–Crippen MR) is 69.3 cm³/mol. The van der Waals surface area contributed by atoms with Crippen molar-refractivity contribution >= 4 is 20.0 Å². The van der Waals surface area contributed by atoms with Gasteiger partial charge < -0.3 is 4.13 Å². The number of alkyl halides is 6. The first-order valence-electron chi connectivity index (χ1n) is 11.2. The van der Waals surface area contributed by atoms with E-state index in [0.717, 1.165) is 4.13 Å². The van der Waals surface area contributed by atoms with Crippen LogP contribution < -0.4 is 4.57 Å². The highest BCUT2D eigenvalue weighted by Crippen LogP contribution is 2.36. The predicted octanol–water partition coefficient (Wildman–Crippen LogP) is 1.87. The highest BCUT2D eigenvalue weighted by Gasteiger charge is 2.46. The van der Waals surface area contributed by atoms with Crippen LogP contribution in [0.4, 0.5) is 26.3 Å². The van der Waals surface area contributed by atoms with Gasteiger partial charge in [-0.2, -0.15) is 26.3 Å². The third-order valence-electron chi connectivity index (χ3n) is 1.48. The van der Waals surface area contributed by atoms with Gasteiger partial charge in [0.15, 0.2) is 21.4 Å².